The van der Waals surface area contributed by atoms with Crippen LogP contribution in [0.4, 0.5) is 4.39 Å². The highest BCUT2D eigenvalue weighted by atomic mass is 19.1. The summed E-state index contributed by atoms with van der Waals surface area (Å²) in [6, 6.07) is 1.22. The first-order valence-corrected chi connectivity index (χ1v) is 5.80. The van der Waals surface area contributed by atoms with Crippen molar-refractivity contribution in [2.45, 2.75) is 12.8 Å². The standard InChI is InChI=1S/C12H16FN3O/c13-11-4-10(6-15-7-11)12(17)16-3-1-2-9(5-14)8-16/h4,6-7,9H,1-3,5,8,14H2. The van der Waals surface area contributed by atoms with Crippen LogP contribution in [0.3, 0.4) is 0 Å². The second kappa shape index (κ2) is 5.23. The Morgan fingerprint density at radius 1 is 1.59 bits per heavy atom. The van der Waals surface area contributed by atoms with E-state index in [1.807, 2.05) is 0 Å². The Hall–Kier alpha value is -1.49. The number of piperidine rings is 1. The Labute approximate surface area is 99.6 Å². The molecule has 0 saturated carbocycles. The predicted molar refractivity (Wildman–Crippen MR) is 61.9 cm³/mol. The molecule has 0 spiro atoms. The first kappa shape index (κ1) is 12.0. The number of hydrogen-bond donors (Lipinski definition) is 1. The quantitative estimate of drug-likeness (QED) is 0.835. The summed E-state index contributed by atoms with van der Waals surface area (Å²) in [4.78, 5) is 17.5. The molecule has 1 aliphatic rings. The Balaban J connectivity index is 2.09. The molecule has 2 N–H and O–H groups in total. The molecule has 0 aliphatic carbocycles. The third kappa shape index (κ3) is 2.79. The third-order valence-corrected chi connectivity index (χ3v) is 3.09. The van der Waals surface area contributed by atoms with Crippen LogP contribution in [0.2, 0.25) is 0 Å². The van der Waals surface area contributed by atoms with Crippen molar-refractivity contribution >= 4 is 5.91 Å². The van der Waals surface area contributed by atoms with E-state index in [-0.39, 0.29) is 5.91 Å². The van der Waals surface area contributed by atoms with Gasteiger partial charge in [-0.15, -0.1) is 0 Å². The van der Waals surface area contributed by atoms with E-state index >= 15 is 0 Å². The summed E-state index contributed by atoms with van der Waals surface area (Å²) in [7, 11) is 0. The zero-order chi connectivity index (χ0) is 12.3. The van der Waals surface area contributed by atoms with Gasteiger partial charge < -0.3 is 10.6 Å². The molecule has 1 aromatic rings. The minimum absolute atomic E-state index is 0.157. The van der Waals surface area contributed by atoms with Crippen molar-refractivity contribution < 1.29 is 9.18 Å². The maximum absolute atomic E-state index is 13.0. The largest absolute Gasteiger partial charge is 0.338 e. The van der Waals surface area contributed by atoms with Crippen molar-refractivity contribution in [2.24, 2.45) is 11.7 Å². The third-order valence-electron chi connectivity index (χ3n) is 3.09. The van der Waals surface area contributed by atoms with Crippen LogP contribution in [-0.2, 0) is 0 Å². The maximum atomic E-state index is 13.0. The van der Waals surface area contributed by atoms with Crippen LogP contribution in [0.15, 0.2) is 18.5 Å². The van der Waals surface area contributed by atoms with Gasteiger partial charge in [-0.05, 0) is 31.4 Å². The first-order valence-electron chi connectivity index (χ1n) is 5.80. The van der Waals surface area contributed by atoms with E-state index in [1.165, 1.54) is 12.3 Å². The summed E-state index contributed by atoms with van der Waals surface area (Å²) < 4.78 is 13.0. The number of hydrogen-bond acceptors (Lipinski definition) is 3. The topological polar surface area (TPSA) is 59.2 Å². The van der Waals surface area contributed by atoms with E-state index < -0.39 is 5.82 Å². The monoisotopic (exact) mass is 237 g/mol. The van der Waals surface area contributed by atoms with E-state index in [9.17, 15) is 9.18 Å². The van der Waals surface area contributed by atoms with Crippen molar-refractivity contribution in [1.29, 1.82) is 0 Å². The lowest BCUT2D eigenvalue weighted by atomic mass is 9.98. The van der Waals surface area contributed by atoms with Crippen LogP contribution >= 0.6 is 0 Å². The molecule has 0 radical (unpaired) electrons. The van der Waals surface area contributed by atoms with E-state index in [1.54, 1.807) is 4.90 Å². The zero-order valence-electron chi connectivity index (χ0n) is 9.60. The molecular formula is C12H16FN3O. The fourth-order valence-electron chi connectivity index (χ4n) is 2.15. The smallest absolute Gasteiger partial charge is 0.255 e. The Kier molecular flexibility index (Phi) is 3.68. The lowest BCUT2D eigenvalue weighted by molar-refractivity contribution is 0.0677. The van der Waals surface area contributed by atoms with Gasteiger partial charge in [0.2, 0.25) is 0 Å². The minimum Gasteiger partial charge on any atom is -0.338 e. The molecule has 2 rings (SSSR count). The summed E-state index contributed by atoms with van der Waals surface area (Å²) in [6.45, 7) is 1.96. The number of nitrogens with zero attached hydrogens (tertiary/aromatic N) is 2. The molecule has 1 unspecified atom stereocenters. The molecule has 2 heterocycles. The second-order valence-electron chi connectivity index (χ2n) is 4.39. The summed E-state index contributed by atoms with van der Waals surface area (Å²) in [5.41, 5.74) is 5.93. The van der Waals surface area contributed by atoms with Crippen LogP contribution in [0.5, 0.6) is 0 Å². The number of amides is 1. The molecule has 0 aromatic carbocycles. The summed E-state index contributed by atoms with van der Waals surface area (Å²) in [5.74, 6) is -0.285. The highest BCUT2D eigenvalue weighted by molar-refractivity contribution is 5.93. The molecule has 1 fully saturated rings. The van der Waals surface area contributed by atoms with Gasteiger partial charge in [-0.2, -0.15) is 0 Å². The van der Waals surface area contributed by atoms with Crippen LogP contribution in [0, 0.1) is 11.7 Å². The molecule has 92 valence electrons. The Morgan fingerprint density at radius 3 is 3.12 bits per heavy atom. The minimum atomic E-state index is -0.483. The normalized spacial score (nSPS) is 20.4. The van der Waals surface area contributed by atoms with Gasteiger partial charge in [0.25, 0.3) is 5.91 Å². The number of carbonyl (C=O) groups is 1. The van der Waals surface area contributed by atoms with Gasteiger partial charge in [0.15, 0.2) is 0 Å². The molecule has 1 atom stereocenters. The zero-order valence-corrected chi connectivity index (χ0v) is 9.60. The molecule has 1 saturated heterocycles. The molecular weight excluding hydrogens is 221 g/mol. The molecule has 5 heteroatoms. The Bertz CT molecular complexity index is 410. The van der Waals surface area contributed by atoms with Gasteiger partial charge in [-0.3, -0.25) is 9.78 Å². The van der Waals surface area contributed by atoms with Crippen molar-refractivity contribution in [2.75, 3.05) is 19.6 Å². The number of rotatable bonds is 2. The van der Waals surface area contributed by atoms with Crippen LogP contribution in [0.25, 0.3) is 0 Å². The average Bonchev–Trinajstić information content (AvgIpc) is 2.38. The van der Waals surface area contributed by atoms with Crippen LogP contribution in [0.1, 0.15) is 23.2 Å². The van der Waals surface area contributed by atoms with Crippen molar-refractivity contribution in [1.82, 2.24) is 9.88 Å². The van der Waals surface area contributed by atoms with Gasteiger partial charge in [-0.25, -0.2) is 4.39 Å². The summed E-state index contributed by atoms with van der Waals surface area (Å²) in [6.07, 6.45) is 4.51. The van der Waals surface area contributed by atoms with Gasteiger partial charge in [0.1, 0.15) is 5.82 Å². The molecule has 1 amide bonds. The molecule has 0 bridgehead atoms. The van der Waals surface area contributed by atoms with E-state index in [2.05, 4.69) is 4.98 Å². The van der Waals surface area contributed by atoms with E-state index in [0.717, 1.165) is 19.0 Å². The second-order valence-corrected chi connectivity index (χ2v) is 4.39. The molecule has 4 nitrogen and oxygen atoms in total. The molecule has 1 aliphatic heterocycles. The summed E-state index contributed by atoms with van der Waals surface area (Å²) >= 11 is 0. The number of nitrogens with two attached hydrogens (primary N) is 1. The fraction of sp³-hybridized carbons (Fsp3) is 0.500. The van der Waals surface area contributed by atoms with Gasteiger partial charge >= 0.3 is 0 Å². The molecule has 17 heavy (non-hydrogen) atoms. The number of carbonyl (C=O) groups excluding carboxylic acids is 1. The number of pyridine rings is 1. The highest BCUT2D eigenvalue weighted by Gasteiger charge is 2.23. The number of halogens is 1. The maximum Gasteiger partial charge on any atom is 0.255 e. The summed E-state index contributed by atoms with van der Waals surface area (Å²) in [5, 5.41) is 0. The van der Waals surface area contributed by atoms with Gasteiger partial charge in [-0.1, -0.05) is 0 Å². The van der Waals surface area contributed by atoms with Crippen LogP contribution < -0.4 is 5.73 Å². The van der Waals surface area contributed by atoms with Crippen molar-refractivity contribution in [3.8, 4) is 0 Å². The van der Waals surface area contributed by atoms with Crippen molar-refractivity contribution in [3.05, 3.63) is 29.8 Å². The van der Waals surface area contributed by atoms with Crippen LogP contribution in [-0.4, -0.2) is 35.4 Å². The number of aromatic nitrogens is 1. The van der Waals surface area contributed by atoms with Gasteiger partial charge in [0, 0.05) is 19.3 Å². The lowest BCUT2D eigenvalue weighted by Gasteiger charge is -2.32. The van der Waals surface area contributed by atoms with E-state index in [0.29, 0.717) is 31.1 Å². The predicted octanol–water partition coefficient (Wildman–Crippen LogP) is 1.03. The molecule has 1 aromatic heterocycles. The van der Waals surface area contributed by atoms with Gasteiger partial charge in [0.05, 0.1) is 11.8 Å². The Morgan fingerprint density at radius 2 is 2.41 bits per heavy atom. The fourth-order valence-corrected chi connectivity index (χ4v) is 2.15. The first-order chi connectivity index (χ1) is 8.20. The number of likely N-dealkylation sites (tertiary alicyclic amines) is 1. The van der Waals surface area contributed by atoms with E-state index in [4.69, 9.17) is 5.73 Å². The van der Waals surface area contributed by atoms with Crippen molar-refractivity contribution in [3.63, 3.8) is 0 Å². The average molecular weight is 237 g/mol. The lowest BCUT2D eigenvalue weighted by Crippen LogP contribution is -2.42. The highest BCUT2D eigenvalue weighted by Crippen LogP contribution is 2.17. The SMILES string of the molecule is NCC1CCCN(C(=O)c2cncc(F)c2)C1.